The van der Waals surface area contributed by atoms with Gasteiger partial charge in [0.25, 0.3) is 5.91 Å². The van der Waals surface area contributed by atoms with E-state index in [-0.39, 0.29) is 11.7 Å². The van der Waals surface area contributed by atoms with Crippen LogP contribution in [0, 0.1) is 0 Å². The molecule has 0 saturated heterocycles. The molecule has 0 atom stereocenters. The number of aromatic nitrogens is 1. The topological polar surface area (TPSA) is 83.3 Å². The summed E-state index contributed by atoms with van der Waals surface area (Å²) in [6.45, 7) is 0. The first-order valence-electron chi connectivity index (χ1n) is 5.08. The zero-order valence-corrected chi connectivity index (χ0v) is 10.1. The molecule has 2 rings (SSSR count). The number of carbonyl (C=O) groups is 1. The van der Waals surface area contributed by atoms with E-state index >= 15 is 0 Å². The Bertz CT molecular complexity index is 399. The monoisotopic (exact) mass is 241 g/mol. The van der Waals surface area contributed by atoms with Gasteiger partial charge in [-0.15, -0.1) is 0 Å². The third-order valence-electron chi connectivity index (χ3n) is 2.18. The fraction of sp³-hybridized carbons (Fsp3) is 0.556. The lowest BCUT2D eigenvalue weighted by molar-refractivity contribution is 0.0953. The van der Waals surface area contributed by atoms with Crippen molar-refractivity contribution in [3.63, 3.8) is 0 Å². The Balaban J connectivity index is 2.16. The summed E-state index contributed by atoms with van der Waals surface area (Å²) < 4.78 is 3.99. The summed E-state index contributed by atoms with van der Waals surface area (Å²) in [7, 11) is 3.69. The van der Waals surface area contributed by atoms with Gasteiger partial charge in [0.1, 0.15) is 10.6 Å². The van der Waals surface area contributed by atoms with Gasteiger partial charge in [0, 0.05) is 20.1 Å². The Kier molecular flexibility index (Phi) is 2.97. The van der Waals surface area contributed by atoms with Crippen molar-refractivity contribution in [1.82, 2.24) is 14.7 Å². The first-order chi connectivity index (χ1) is 7.58. The van der Waals surface area contributed by atoms with Gasteiger partial charge in [-0.05, 0) is 24.4 Å². The van der Waals surface area contributed by atoms with E-state index in [1.165, 1.54) is 11.5 Å². The maximum absolute atomic E-state index is 11.9. The second-order valence-electron chi connectivity index (χ2n) is 4.03. The van der Waals surface area contributed by atoms with Crippen molar-refractivity contribution >= 4 is 28.3 Å². The molecule has 0 aliphatic heterocycles. The first-order valence-corrected chi connectivity index (χ1v) is 5.85. The number of amides is 1. The molecule has 1 aliphatic carbocycles. The number of hydrazine groups is 1. The normalized spacial score (nSPS) is 15.2. The number of hydrogen-bond donors (Lipinski definition) is 3. The number of hydrogen-bond acceptors (Lipinski definition) is 6. The summed E-state index contributed by atoms with van der Waals surface area (Å²) in [5.74, 6) is 0.144. The number of nitrogens with two attached hydrogens (primary N) is 1. The summed E-state index contributed by atoms with van der Waals surface area (Å²) in [6, 6.07) is 0.319. The second kappa shape index (κ2) is 4.26. The fourth-order valence-corrected chi connectivity index (χ4v) is 2.08. The molecule has 16 heavy (non-hydrogen) atoms. The van der Waals surface area contributed by atoms with E-state index < -0.39 is 0 Å². The molecule has 1 aromatic heterocycles. The van der Waals surface area contributed by atoms with Crippen LogP contribution >= 0.6 is 11.5 Å². The quantitative estimate of drug-likeness (QED) is 0.669. The standard InChI is InChI=1S/C9H15N5OS/c1-14(2)12-9-6(7(10)13-16-9)8(15)11-5-3-4-5/h5,12H,3-4H2,1-2H3,(H2,10,13)(H,11,15). The number of anilines is 2. The predicted molar refractivity (Wildman–Crippen MR) is 64.3 cm³/mol. The number of carbonyl (C=O) groups excluding carboxylic acids is 1. The van der Waals surface area contributed by atoms with Gasteiger partial charge in [0.2, 0.25) is 0 Å². The molecule has 0 aromatic carbocycles. The van der Waals surface area contributed by atoms with Crippen LogP contribution in [0.4, 0.5) is 10.8 Å². The third kappa shape index (κ3) is 2.42. The zero-order chi connectivity index (χ0) is 11.7. The molecule has 1 aliphatic rings. The molecule has 1 amide bonds. The van der Waals surface area contributed by atoms with E-state index in [1.807, 2.05) is 14.1 Å². The third-order valence-corrected chi connectivity index (χ3v) is 2.95. The van der Waals surface area contributed by atoms with E-state index in [1.54, 1.807) is 5.01 Å². The van der Waals surface area contributed by atoms with Gasteiger partial charge in [-0.1, -0.05) is 0 Å². The van der Waals surface area contributed by atoms with Crippen LogP contribution in [-0.2, 0) is 0 Å². The maximum Gasteiger partial charge on any atom is 0.258 e. The Hall–Kier alpha value is -1.34. The predicted octanol–water partition coefficient (Wildman–Crippen LogP) is 0.506. The van der Waals surface area contributed by atoms with Crippen LogP contribution in [0.25, 0.3) is 0 Å². The van der Waals surface area contributed by atoms with Crippen LogP contribution in [0.3, 0.4) is 0 Å². The fourth-order valence-electron chi connectivity index (χ4n) is 1.29. The average molecular weight is 241 g/mol. The van der Waals surface area contributed by atoms with Crippen LogP contribution in [-0.4, -0.2) is 35.4 Å². The number of nitrogens with one attached hydrogen (secondary N) is 2. The van der Waals surface area contributed by atoms with Crippen LogP contribution in [0.5, 0.6) is 0 Å². The number of nitrogens with zero attached hydrogens (tertiary/aromatic N) is 2. The van der Waals surface area contributed by atoms with Crippen molar-refractivity contribution in [1.29, 1.82) is 0 Å². The highest BCUT2D eigenvalue weighted by Gasteiger charge is 2.27. The lowest BCUT2D eigenvalue weighted by atomic mass is 10.3. The summed E-state index contributed by atoms with van der Waals surface area (Å²) >= 11 is 1.19. The Morgan fingerprint density at radius 3 is 2.81 bits per heavy atom. The highest BCUT2D eigenvalue weighted by Crippen LogP contribution is 2.28. The molecule has 4 N–H and O–H groups in total. The van der Waals surface area contributed by atoms with E-state index in [2.05, 4.69) is 15.1 Å². The number of nitrogen functional groups attached to an aromatic ring is 1. The van der Waals surface area contributed by atoms with Crippen LogP contribution in [0.1, 0.15) is 23.2 Å². The van der Waals surface area contributed by atoms with Gasteiger partial charge < -0.3 is 16.5 Å². The molecule has 0 spiro atoms. The SMILES string of the molecule is CN(C)Nc1snc(N)c1C(=O)NC1CC1. The van der Waals surface area contributed by atoms with E-state index in [9.17, 15) is 4.79 Å². The lowest BCUT2D eigenvalue weighted by Crippen LogP contribution is -2.28. The minimum Gasteiger partial charge on any atom is -0.382 e. The first kappa shape index (κ1) is 11.2. The molecular formula is C9H15N5OS. The molecule has 88 valence electrons. The average Bonchev–Trinajstić information content (AvgIpc) is 2.91. The Labute approximate surface area is 97.9 Å². The van der Waals surface area contributed by atoms with Gasteiger partial charge >= 0.3 is 0 Å². The molecule has 0 unspecified atom stereocenters. The van der Waals surface area contributed by atoms with Gasteiger partial charge in [0.15, 0.2) is 5.82 Å². The van der Waals surface area contributed by atoms with Gasteiger partial charge in [-0.2, -0.15) is 4.37 Å². The second-order valence-corrected chi connectivity index (χ2v) is 4.80. The summed E-state index contributed by atoms with van der Waals surface area (Å²) in [5, 5.41) is 5.33. The molecule has 0 bridgehead atoms. The Morgan fingerprint density at radius 1 is 1.56 bits per heavy atom. The lowest BCUT2D eigenvalue weighted by Gasteiger charge is -2.12. The van der Waals surface area contributed by atoms with Crippen molar-refractivity contribution in [3.8, 4) is 0 Å². The smallest absolute Gasteiger partial charge is 0.258 e. The highest BCUT2D eigenvalue weighted by molar-refractivity contribution is 7.11. The summed E-state index contributed by atoms with van der Waals surface area (Å²) in [6.07, 6.45) is 2.11. The largest absolute Gasteiger partial charge is 0.382 e. The molecule has 1 heterocycles. The molecule has 1 aromatic rings. The minimum absolute atomic E-state index is 0.141. The molecular weight excluding hydrogens is 226 g/mol. The number of rotatable bonds is 4. The van der Waals surface area contributed by atoms with Crippen molar-refractivity contribution in [2.24, 2.45) is 0 Å². The summed E-state index contributed by atoms with van der Waals surface area (Å²) in [4.78, 5) is 11.9. The van der Waals surface area contributed by atoms with E-state index in [4.69, 9.17) is 5.73 Å². The van der Waals surface area contributed by atoms with Crippen molar-refractivity contribution < 1.29 is 4.79 Å². The van der Waals surface area contributed by atoms with E-state index in [0.29, 0.717) is 16.6 Å². The molecule has 1 saturated carbocycles. The molecule has 6 nitrogen and oxygen atoms in total. The summed E-state index contributed by atoms with van der Waals surface area (Å²) in [5.41, 5.74) is 9.16. The van der Waals surface area contributed by atoms with E-state index in [0.717, 1.165) is 12.8 Å². The van der Waals surface area contributed by atoms with Crippen molar-refractivity contribution in [3.05, 3.63) is 5.56 Å². The molecule has 1 fully saturated rings. The van der Waals surface area contributed by atoms with Crippen LogP contribution in [0.2, 0.25) is 0 Å². The van der Waals surface area contributed by atoms with Gasteiger partial charge in [-0.3, -0.25) is 4.79 Å². The van der Waals surface area contributed by atoms with Crippen LogP contribution in [0.15, 0.2) is 0 Å². The van der Waals surface area contributed by atoms with Crippen LogP contribution < -0.4 is 16.5 Å². The molecule has 0 radical (unpaired) electrons. The van der Waals surface area contributed by atoms with Gasteiger partial charge in [-0.25, -0.2) is 5.01 Å². The molecule has 7 heteroatoms. The van der Waals surface area contributed by atoms with Gasteiger partial charge in [0.05, 0.1) is 0 Å². The highest BCUT2D eigenvalue weighted by atomic mass is 32.1. The zero-order valence-electron chi connectivity index (χ0n) is 9.28. The Morgan fingerprint density at radius 2 is 2.25 bits per heavy atom. The van der Waals surface area contributed by atoms with Crippen molar-refractivity contribution in [2.45, 2.75) is 18.9 Å². The minimum atomic E-state index is -0.141. The maximum atomic E-state index is 11.9. The van der Waals surface area contributed by atoms with Crippen molar-refractivity contribution in [2.75, 3.05) is 25.3 Å².